The van der Waals surface area contributed by atoms with Crippen molar-refractivity contribution < 1.29 is 19.1 Å². The lowest BCUT2D eigenvalue weighted by Gasteiger charge is -2.31. The van der Waals surface area contributed by atoms with Gasteiger partial charge in [0.2, 0.25) is 0 Å². The first-order valence-corrected chi connectivity index (χ1v) is 15.5. The molecular weight excluding hydrogens is 566 g/mol. The Kier molecular flexibility index (Phi) is 11.1. The fraction of sp³-hybridized carbons (Fsp3) is 0.452. The molecule has 0 spiro atoms. The number of carbonyl (C=O) groups excluding carboxylic acids is 3. The van der Waals surface area contributed by atoms with Crippen molar-refractivity contribution in [3.63, 3.8) is 0 Å². The summed E-state index contributed by atoms with van der Waals surface area (Å²) < 4.78 is 5.32. The number of rotatable bonds is 10. The molecule has 0 saturated carbocycles. The number of carbonyl (C=O) groups is 3. The lowest BCUT2D eigenvalue weighted by Crippen LogP contribution is -2.38. The fourth-order valence-corrected chi connectivity index (χ4v) is 5.17. The van der Waals surface area contributed by atoms with E-state index in [0.717, 1.165) is 37.5 Å². The highest BCUT2D eigenvalue weighted by Gasteiger charge is 2.20. The van der Waals surface area contributed by atoms with Crippen LogP contribution in [-0.2, 0) is 11.3 Å². The molecule has 0 radical (unpaired) electrons. The van der Waals surface area contributed by atoms with Gasteiger partial charge in [-0.05, 0) is 89.3 Å². The first-order chi connectivity index (χ1) is 20.6. The first-order valence-electron chi connectivity index (χ1n) is 14.6. The topological polar surface area (TPSA) is 129 Å². The maximum Gasteiger partial charge on any atom is 0.412 e. The van der Waals surface area contributed by atoms with Crippen LogP contribution in [0.1, 0.15) is 63.0 Å². The van der Waals surface area contributed by atoms with E-state index in [1.807, 2.05) is 5.38 Å². The van der Waals surface area contributed by atoms with E-state index in [-0.39, 0.29) is 11.7 Å². The molecule has 4 rings (SSSR count). The van der Waals surface area contributed by atoms with E-state index >= 15 is 0 Å². The molecule has 1 aliphatic heterocycles. The molecule has 1 aromatic carbocycles. The van der Waals surface area contributed by atoms with Crippen LogP contribution in [-0.4, -0.2) is 69.6 Å². The molecule has 1 aliphatic rings. The van der Waals surface area contributed by atoms with Crippen molar-refractivity contribution in [2.24, 2.45) is 5.92 Å². The lowest BCUT2D eigenvalue weighted by atomic mass is 9.99. The normalized spacial score (nSPS) is 14.1. The molecule has 43 heavy (non-hydrogen) atoms. The van der Waals surface area contributed by atoms with E-state index in [9.17, 15) is 14.4 Å². The van der Waals surface area contributed by atoms with Crippen LogP contribution in [0.15, 0.2) is 54.2 Å². The monoisotopic (exact) mass is 607 g/mol. The molecule has 12 heteroatoms. The lowest BCUT2D eigenvalue weighted by molar-refractivity contribution is 0.0635. The number of thiazole rings is 1. The van der Waals surface area contributed by atoms with Crippen LogP contribution in [0, 0.1) is 5.92 Å². The second-order valence-corrected chi connectivity index (χ2v) is 12.6. The molecule has 0 unspecified atom stereocenters. The van der Waals surface area contributed by atoms with Crippen LogP contribution >= 0.6 is 11.3 Å². The van der Waals surface area contributed by atoms with E-state index in [4.69, 9.17) is 4.74 Å². The van der Waals surface area contributed by atoms with Crippen molar-refractivity contribution in [3.05, 3.63) is 65.4 Å². The Morgan fingerprint density at radius 2 is 1.74 bits per heavy atom. The van der Waals surface area contributed by atoms with Gasteiger partial charge in [0, 0.05) is 30.9 Å². The number of piperidine rings is 1. The van der Waals surface area contributed by atoms with Crippen LogP contribution in [0.5, 0.6) is 0 Å². The van der Waals surface area contributed by atoms with E-state index in [1.54, 1.807) is 74.5 Å². The summed E-state index contributed by atoms with van der Waals surface area (Å²) in [4.78, 5) is 51.2. The summed E-state index contributed by atoms with van der Waals surface area (Å²) in [6.07, 6.45) is 5.92. The Bertz CT molecular complexity index is 1350. The van der Waals surface area contributed by atoms with Crippen molar-refractivity contribution in [1.29, 1.82) is 0 Å². The molecule has 0 atom stereocenters. The first kappa shape index (κ1) is 31.9. The highest BCUT2D eigenvalue weighted by atomic mass is 32.1. The molecule has 0 aliphatic carbocycles. The SMILES string of the molecule is CC1CCN(CCCN(Cc2ccc(C(=O)Nc3ccccc3NC(=O)OC(C)(C)C)nc2)C(=O)Nc2nccs2)CC1. The molecule has 1 saturated heterocycles. The summed E-state index contributed by atoms with van der Waals surface area (Å²) >= 11 is 1.37. The number of para-hydroxylation sites is 2. The number of nitrogens with zero attached hydrogens (tertiary/aromatic N) is 4. The number of benzene rings is 1. The molecule has 3 aromatic rings. The summed E-state index contributed by atoms with van der Waals surface area (Å²) in [5, 5.41) is 10.7. The van der Waals surface area contributed by atoms with Gasteiger partial charge >= 0.3 is 12.1 Å². The summed E-state index contributed by atoms with van der Waals surface area (Å²) in [7, 11) is 0. The number of pyridine rings is 1. The summed E-state index contributed by atoms with van der Waals surface area (Å²) in [6, 6.07) is 10.1. The van der Waals surface area contributed by atoms with Gasteiger partial charge in [0.15, 0.2) is 5.13 Å². The standard InChI is InChI=1S/C31H41N7O4S/c1-22-12-17-37(18-13-22)15-7-16-38(29(40)36-28-32-14-19-43-28)21-23-10-11-26(33-20-23)27(39)34-24-8-5-6-9-25(24)35-30(41)42-31(2,3)4/h5-6,8-11,14,19-20,22H,7,12-13,15-18,21H2,1-4H3,(H,34,39)(H,35,41)(H,32,36,40). The number of urea groups is 1. The van der Waals surface area contributed by atoms with Gasteiger partial charge in [-0.2, -0.15) is 0 Å². The number of hydrogen-bond donors (Lipinski definition) is 3. The van der Waals surface area contributed by atoms with Crippen LogP contribution in [0.3, 0.4) is 0 Å². The highest BCUT2D eigenvalue weighted by Crippen LogP contribution is 2.23. The summed E-state index contributed by atoms with van der Waals surface area (Å²) in [5.74, 6) is 0.345. The highest BCUT2D eigenvalue weighted by molar-refractivity contribution is 7.13. The minimum absolute atomic E-state index is 0.203. The predicted octanol–water partition coefficient (Wildman–Crippen LogP) is 6.29. The third-order valence-electron chi connectivity index (χ3n) is 6.95. The van der Waals surface area contributed by atoms with Gasteiger partial charge in [-0.15, -0.1) is 11.3 Å². The Morgan fingerprint density at radius 3 is 2.37 bits per heavy atom. The zero-order valence-electron chi connectivity index (χ0n) is 25.3. The number of amides is 4. The van der Waals surface area contributed by atoms with Crippen molar-refractivity contribution >= 4 is 45.9 Å². The van der Waals surface area contributed by atoms with Gasteiger partial charge in [-0.1, -0.05) is 25.1 Å². The quantitative estimate of drug-likeness (QED) is 0.247. The number of anilines is 3. The average molecular weight is 608 g/mol. The Labute approximate surface area is 257 Å². The van der Waals surface area contributed by atoms with Gasteiger partial charge < -0.3 is 19.9 Å². The Balaban J connectivity index is 1.37. The van der Waals surface area contributed by atoms with Crippen molar-refractivity contribution in [2.45, 2.75) is 59.1 Å². The van der Waals surface area contributed by atoms with Gasteiger partial charge in [0.25, 0.3) is 5.91 Å². The molecule has 4 amide bonds. The van der Waals surface area contributed by atoms with E-state index in [2.05, 4.69) is 37.7 Å². The van der Waals surface area contributed by atoms with E-state index in [1.165, 1.54) is 24.2 Å². The van der Waals surface area contributed by atoms with Crippen LogP contribution < -0.4 is 16.0 Å². The third-order valence-corrected chi connectivity index (χ3v) is 7.64. The number of nitrogens with one attached hydrogen (secondary N) is 3. The second-order valence-electron chi connectivity index (χ2n) is 11.7. The smallest absolute Gasteiger partial charge is 0.412 e. The number of ether oxygens (including phenoxy) is 1. The fourth-order valence-electron chi connectivity index (χ4n) is 4.65. The van der Waals surface area contributed by atoms with Crippen molar-refractivity contribution in [2.75, 3.05) is 42.1 Å². The number of likely N-dealkylation sites (tertiary alicyclic amines) is 1. The summed E-state index contributed by atoms with van der Waals surface area (Å²) in [5.41, 5.74) is 1.16. The molecule has 1 fully saturated rings. The van der Waals surface area contributed by atoms with Crippen LogP contribution in [0.25, 0.3) is 0 Å². The van der Waals surface area contributed by atoms with Gasteiger partial charge in [-0.3, -0.25) is 20.4 Å². The van der Waals surface area contributed by atoms with Crippen LogP contribution in [0.4, 0.5) is 26.1 Å². The zero-order chi connectivity index (χ0) is 30.8. The number of aromatic nitrogens is 2. The molecule has 230 valence electrons. The molecule has 0 bridgehead atoms. The molecular formula is C31H41N7O4S. The average Bonchev–Trinajstić information content (AvgIpc) is 3.47. The Hall–Kier alpha value is -4.03. The maximum atomic E-state index is 13.1. The molecule has 3 heterocycles. The van der Waals surface area contributed by atoms with E-state index < -0.39 is 17.6 Å². The van der Waals surface area contributed by atoms with Crippen molar-refractivity contribution in [3.8, 4) is 0 Å². The molecule has 2 aromatic heterocycles. The third kappa shape index (κ3) is 10.3. The Morgan fingerprint density at radius 1 is 1.02 bits per heavy atom. The number of hydrogen-bond acceptors (Lipinski definition) is 8. The largest absolute Gasteiger partial charge is 0.444 e. The van der Waals surface area contributed by atoms with E-state index in [0.29, 0.717) is 29.6 Å². The van der Waals surface area contributed by atoms with Gasteiger partial charge in [-0.25, -0.2) is 14.6 Å². The zero-order valence-corrected chi connectivity index (χ0v) is 26.1. The minimum atomic E-state index is -0.656. The summed E-state index contributed by atoms with van der Waals surface area (Å²) in [6.45, 7) is 11.7. The second kappa shape index (κ2) is 14.9. The van der Waals surface area contributed by atoms with Crippen LogP contribution in [0.2, 0.25) is 0 Å². The minimum Gasteiger partial charge on any atom is -0.444 e. The van der Waals surface area contributed by atoms with Gasteiger partial charge in [0.1, 0.15) is 11.3 Å². The van der Waals surface area contributed by atoms with Gasteiger partial charge in [0.05, 0.1) is 11.4 Å². The maximum absolute atomic E-state index is 13.1. The van der Waals surface area contributed by atoms with Crippen molar-refractivity contribution in [1.82, 2.24) is 19.8 Å². The molecule has 3 N–H and O–H groups in total. The molecule has 11 nitrogen and oxygen atoms in total. The predicted molar refractivity (Wildman–Crippen MR) is 169 cm³/mol.